The average Bonchev–Trinajstić information content (AvgIpc) is 2.65. The van der Waals surface area contributed by atoms with Crippen LogP contribution in [0.5, 0.6) is 0 Å². The molecule has 0 spiro atoms. The van der Waals surface area contributed by atoms with Crippen molar-refractivity contribution >= 4 is 11.4 Å². The molecular formula is C23H30F2N2. The lowest BCUT2D eigenvalue weighted by Gasteiger charge is -2.41. The van der Waals surface area contributed by atoms with Crippen molar-refractivity contribution in [2.24, 2.45) is 0 Å². The predicted molar refractivity (Wildman–Crippen MR) is 111 cm³/mol. The summed E-state index contributed by atoms with van der Waals surface area (Å²) in [5.41, 5.74) is 5.35. The monoisotopic (exact) mass is 372 g/mol. The fourth-order valence-electron chi connectivity index (χ4n) is 4.19. The number of fused-ring (bicyclic) bond motifs is 1. The van der Waals surface area contributed by atoms with Gasteiger partial charge in [-0.3, -0.25) is 0 Å². The second-order valence-electron chi connectivity index (χ2n) is 7.50. The van der Waals surface area contributed by atoms with E-state index >= 15 is 4.39 Å². The van der Waals surface area contributed by atoms with Crippen molar-refractivity contribution in [2.75, 3.05) is 23.8 Å². The normalized spacial score (nSPS) is 19.1. The van der Waals surface area contributed by atoms with Crippen molar-refractivity contribution in [3.8, 4) is 11.1 Å². The molecule has 2 nitrogen and oxygen atoms in total. The lowest BCUT2D eigenvalue weighted by atomic mass is 9.88. The van der Waals surface area contributed by atoms with E-state index in [0.717, 1.165) is 53.9 Å². The summed E-state index contributed by atoms with van der Waals surface area (Å²) in [6.07, 6.45) is 1.78. The molecule has 1 aliphatic rings. The molecule has 0 bridgehead atoms. The van der Waals surface area contributed by atoms with Crippen LogP contribution in [-0.2, 0) is 6.42 Å². The Morgan fingerprint density at radius 1 is 1.15 bits per heavy atom. The van der Waals surface area contributed by atoms with Gasteiger partial charge in [0.15, 0.2) is 0 Å². The maximum Gasteiger partial charge on any atom is 0.129 e. The molecule has 0 fully saturated rings. The van der Waals surface area contributed by atoms with Crippen LogP contribution in [0.25, 0.3) is 11.1 Å². The molecule has 3 rings (SSSR count). The van der Waals surface area contributed by atoms with Crippen molar-refractivity contribution in [2.45, 2.75) is 58.7 Å². The molecule has 27 heavy (non-hydrogen) atoms. The summed E-state index contributed by atoms with van der Waals surface area (Å²) in [6.45, 7) is 6.95. The third-order valence-electron chi connectivity index (χ3n) is 5.58. The van der Waals surface area contributed by atoms with Crippen LogP contribution in [0.1, 0.15) is 44.2 Å². The number of anilines is 2. The minimum atomic E-state index is -1.02. The Balaban J connectivity index is 2.13. The standard InChI is InChI=1S/C23H30F2N2/c1-5-7-22-21(25)14-19-20(24)11-16(12-23(19)27(22)10-6-2)18-13-17(26-4)9-8-15(18)3/h8-9,11-13,21-22,26H,5-7,10,14H2,1-4H3. The first-order chi connectivity index (χ1) is 13.0. The molecule has 2 unspecified atom stereocenters. The highest BCUT2D eigenvalue weighted by Crippen LogP contribution is 2.39. The molecule has 2 aromatic carbocycles. The Labute approximate surface area is 161 Å². The van der Waals surface area contributed by atoms with Crippen LogP contribution in [0.4, 0.5) is 20.2 Å². The minimum absolute atomic E-state index is 0.165. The van der Waals surface area contributed by atoms with Gasteiger partial charge in [-0.2, -0.15) is 0 Å². The van der Waals surface area contributed by atoms with E-state index in [-0.39, 0.29) is 18.3 Å². The Morgan fingerprint density at radius 3 is 2.59 bits per heavy atom. The minimum Gasteiger partial charge on any atom is -0.388 e. The zero-order valence-electron chi connectivity index (χ0n) is 16.8. The van der Waals surface area contributed by atoms with Gasteiger partial charge >= 0.3 is 0 Å². The quantitative estimate of drug-likeness (QED) is 0.657. The van der Waals surface area contributed by atoms with Crippen molar-refractivity contribution in [1.29, 1.82) is 0 Å². The van der Waals surface area contributed by atoms with Gasteiger partial charge in [-0.1, -0.05) is 26.3 Å². The van der Waals surface area contributed by atoms with Gasteiger partial charge in [0.05, 0.1) is 6.04 Å². The van der Waals surface area contributed by atoms with Gasteiger partial charge < -0.3 is 10.2 Å². The highest BCUT2D eigenvalue weighted by atomic mass is 19.1. The summed E-state index contributed by atoms with van der Waals surface area (Å²) >= 11 is 0. The van der Waals surface area contributed by atoms with E-state index in [0.29, 0.717) is 5.56 Å². The van der Waals surface area contributed by atoms with Crippen molar-refractivity contribution < 1.29 is 8.78 Å². The number of benzene rings is 2. The largest absolute Gasteiger partial charge is 0.388 e. The molecular weight excluding hydrogens is 342 g/mol. The fraction of sp³-hybridized carbons (Fsp3) is 0.478. The molecule has 4 heteroatoms. The smallest absolute Gasteiger partial charge is 0.129 e. The van der Waals surface area contributed by atoms with Crippen molar-refractivity contribution in [3.63, 3.8) is 0 Å². The summed E-state index contributed by atoms with van der Waals surface area (Å²) in [7, 11) is 1.88. The average molecular weight is 373 g/mol. The van der Waals surface area contributed by atoms with Crippen LogP contribution in [0, 0.1) is 12.7 Å². The zero-order chi connectivity index (χ0) is 19.6. The molecule has 2 aromatic rings. The molecule has 0 saturated carbocycles. The van der Waals surface area contributed by atoms with Crippen molar-refractivity contribution in [3.05, 3.63) is 47.3 Å². The summed E-state index contributed by atoms with van der Waals surface area (Å²) in [5, 5.41) is 3.15. The summed E-state index contributed by atoms with van der Waals surface area (Å²) in [5.74, 6) is -0.296. The molecule has 0 saturated heterocycles. The van der Waals surface area contributed by atoms with Crippen molar-refractivity contribution in [1.82, 2.24) is 0 Å². The second-order valence-corrected chi connectivity index (χ2v) is 7.50. The Kier molecular flexibility index (Phi) is 6.03. The van der Waals surface area contributed by atoms with E-state index in [4.69, 9.17) is 0 Å². The highest BCUT2D eigenvalue weighted by molar-refractivity contribution is 5.76. The Morgan fingerprint density at radius 2 is 1.93 bits per heavy atom. The van der Waals surface area contributed by atoms with E-state index in [9.17, 15) is 4.39 Å². The van der Waals surface area contributed by atoms with Gasteiger partial charge in [0.2, 0.25) is 0 Å². The van der Waals surface area contributed by atoms with Crippen LogP contribution in [-0.4, -0.2) is 25.8 Å². The number of rotatable bonds is 6. The maximum absolute atomic E-state index is 15.0. The zero-order valence-corrected chi connectivity index (χ0v) is 16.8. The van der Waals surface area contributed by atoms with E-state index in [2.05, 4.69) is 30.1 Å². The van der Waals surface area contributed by atoms with Gasteiger partial charge in [0.1, 0.15) is 12.0 Å². The number of hydrogen-bond donors (Lipinski definition) is 1. The first-order valence-electron chi connectivity index (χ1n) is 10.0. The maximum atomic E-state index is 15.0. The number of alkyl halides is 1. The third-order valence-corrected chi connectivity index (χ3v) is 5.58. The van der Waals surface area contributed by atoms with E-state index < -0.39 is 6.17 Å². The van der Waals surface area contributed by atoms with Crippen LogP contribution in [0.15, 0.2) is 30.3 Å². The topological polar surface area (TPSA) is 15.3 Å². The van der Waals surface area contributed by atoms with Crippen LogP contribution < -0.4 is 10.2 Å². The SMILES string of the molecule is CCCC1C(F)Cc2c(F)cc(-c3cc(NC)ccc3C)cc2N1CCC. The molecule has 1 heterocycles. The van der Waals surface area contributed by atoms with Crippen LogP contribution in [0.3, 0.4) is 0 Å². The first kappa shape index (κ1) is 19.7. The lowest BCUT2D eigenvalue weighted by Crippen LogP contribution is -2.47. The van der Waals surface area contributed by atoms with Crippen LogP contribution in [0.2, 0.25) is 0 Å². The molecule has 1 aliphatic heterocycles. The molecule has 146 valence electrons. The summed E-state index contributed by atoms with van der Waals surface area (Å²) in [4.78, 5) is 2.11. The molecule has 2 atom stereocenters. The van der Waals surface area contributed by atoms with E-state index in [1.807, 2.05) is 32.2 Å². The van der Waals surface area contributed by atoms with E-state index in [1.165, 1.54) is 0 Å². The van der Waals surface area contributed by atoms with Gasteiger partial charge in [0.25, 0.3) is 0 Å². The number of nitrogens with zero attached hydrogens (tertiary/aromatic N) is 1. The molecule has 1 N–H and O–H groups in total. The molecule has 0 radical (unpaired) electrons. The third kappa shape index (κ3) is 3.80. The Bertz CT molecular complexity index is 803. The molecule has 0 amide bonds. The summed E-state index contributed by atoms with van der Waals surface area (Å²) in [6, 6.07) is 9.57. The number of aryl methyl sites for hydroxylation is 1. The predicted octanol–water partition coefficient (Wildman–Crippen LogP) is 6.12. The molecule has 0 aliphatic carbocycles. The Hall–Kier alpha value is -2.10. The fourth-order valence-corrected chi connectivity index (χ4v) is 4.19. The highest BCUT2D eigenvalue weighted by Gasteiger charge is 2.35. The summed E-state index contributed by atoms with van der Waals surface area (Å²) < 4.78 is 29.9. The lowest BCUT2D eigenvalue weighted by molar-refractivity contribution is 0.246. The van der Waals surface area contributed by atoms with Gasteiger partial charge in [-0.15, -0.1) is 0 Å². The number of nitrogens with one attached hydrogen (secondary N) is 1. The number of halogens is 2. The van der Waals surface area contributed by atoms with Gasteiger partial charge in [-0.05, 0) is 60.7 Å². The molecule has 0 aromatic heterocycles. The second kappa shape index (κ2) is 8.28. The first-order valence-corrected chi connectivity index (χ1v) is 10.0. The van der Waals surface area contributed by atoms with Gasteiger partial charge in [0, 0.05) is 37.0 Å². The van der Waals surface area contributed by atoms with Crippen LogP contribution >= 0.6 is 0 Å². The van der Waals surface area contributed by atoms with Gasteiger partial charge in [-0.25, -0.2) is 8.78 Å². The van der Waals surface area contributed by atoms with E-state index in [1.54, 1.807) is 6.07 Å². The number of hydrogen-bond acceptors (Lipinski definition) is 2.